The molecule has 0 spiro atoms. The second-order valence-electron chi connectivity index (χ2n) is 2.91. The second kappa shape index (κ2) is 3.06. The molecule has 0 fully saturated rings. The molecule has 1 aromatic heterocycles. The van der Waals surface area contributed by atoms with Crippen molar-refractivity contribution < 1.29 is 4.39 Å². The summed E-state index contributed by atoms with van der Waals surface area (Å²) in [6.45, 7) is 0. The molecule has 0 aliphatic rings. The van der Waals surface area contributed by atoms with Gasteiger partial charge in [-0.3, -0.25) is 4.57 Å². The monoisotopic (exact) mass is 212 g/mol. The molecule has 0 saturated carbocycles. The highest BCUT2D eigenvalue weighted by Crippen LogP contribution is 2.19. The first-order valence-corrected chi connectivity index (χ1v) is 4.29. The Kier molecular flexibility index (Phi) is 2.00. The van der Waals surface area contributed by atoms with Crippen LogP contribution in [0, 0.1) is 5.82 Å². The molecule has 72 valence electrons. The van der Waals surface area contributed by atoms with E-state index in [0.717, 1.165) is 0 Å². The van der Waals surface area contributed by atoms with E-state index in [4.69, 9.17) is 11.6 Å². The fourth-order valence-electron chi connectivity index (χ4n) is 1.29. The van der Waals surface area contributed by atoms with Gasteiger partial charge in [0.25, 0.3) is 0 Å². The Balaban J connectivity index is 3.02. The summed E-state index contributed by atoms with van der Waals surface area (Å²) < 4.78 is 14.2. The van der Waals surface area contributed by atoms with Crippen LogP contribution in [0.1, 0.15) is 0 Å². The minimum atomic E-state index is -0.450. The van der Waals surface area contributed by atoms with Gasteiger partial charge in [-0.1, -0.05) is 11.6 Å². The molecular formula is C9H6ClFN2O. The fourth-order valence-corrected chi connectivity index (χ4v) is 1.51. The van der Waals surface area contributed by atoms with E-state index in [-0.39, 0.29) is 5.15 Å². The summed E-state index contributed by atoms with van der Waals surface area (Å²) in [4.78, 5) is 14.8. The fraction of sp³-hybridized carbons (Fsp3) is 0.111. The number of hydrogen-bond donors (Lipinski definition) is 0. The van der Waals surface area contributed by atoms with Gasteiger partial charge < -0.3 is 0 Å². The van der Waals surface area contributed by atoms with Crippen molar-refractivity contribution in [3.63, 3.8) is 0 Å². The van der Waals surface area contributed by atoms with Crippen molar-refractivity contribution in [3.05, 3.63) is 39.7 Å². The summed E-state index contributed by atoms with van der Waals surface area (Å²) in [5.74, 6) is -0.403. The van der Waals surface area contributed by atoms with Crippen molar-refractivity contribution in [1.82, 2.24) is 9.55 Å². The van der Waals surface area contributed by atoms with Gasteiger partial charge in [-0.05, 0) is 18.2 Å². The van der Waals surface area contributed by atoms with Gasteiger partial charge in [0.05, 0.1) is 5.52 Å². The number of halogens is 2. The SMILES string of the molecule is Cn1c(=O)nc(Cl)c2cc(F)ccc21. The summed E-state index contributed by atoms with van der Waals surface area (Å²) in [7, 11) is 1.56. The molecule has 2 rings (SSSR count). The van der Waals surface area contributed by atoms with Crippen molar-refractivity contribution in [1.29, 1.82) is 0 Å². The van der Waals surface area contributed by atoms with Crippen molar-refractivity contribution in [2.24, 2.45) is 7.05 Å². The molecule has 2 aromatic rings. The molecule has 5 heteroatoms. The average Bonchev–Trinajstić information content (AvgIpc) is 2.14. The van der Waals surface area contributed by atoms with Crippen LogP contribution >= 0.6 is 11.6 Å². The minimum absolute atomic E-state index is 0.0302. The molecule has 0 unspecified atom stereocenters. The molecule has 0 amide bonds. The Morgan fingerprint density at radius 2 is 2.21 bits per heavy atom. The zero-order valence-corrected chi connectivity index (χ0v) is 8.05. The van der Waals surface area contributed by atoms with E-state index in [1.807, 2.05) is 0 Å². The topological polar surface area (TPSA) is 34.9 Å². The van der Waals surface area contributed by atoms with Gasteiger partial charge in [0.15, 0.2) is 0 Å². The van der Waals surface area contributed by atoms with E-state index in [9.17, 15) is 9.18 Å². The highest BCUT2D eigenvalue weighted by molar-refractivity contribution is 6.34. The summed E-state index contributed by atoms with van der Waals surface area (Å²) in [6.07, 6.45) is 0. The maximum atomic E-state index is 12.9. The van der Waals surface area contributed by atoms with Crippen molar-refractivity contribution in [2.75, 3.05) is 0 Å². The molecule has 1 heterocycles. The lowest BCUT2D eigenvalue weighted by Gasteiger charge is -2.04. The zero-order chi connectivity index (χ0) is 10.3. The molecule has 0 saturated heterocycles. The molecule has 0 atom stereocenters. The molecule has 0 aliphatic heterocycles. The average molecular weight is 213 g/mol. The highest BCUT2D eigenvalue weighted by atomic mass is 35.5. The molecule has 0 radical (unpaired) electrons. The molecule has 0 bridgehead atoms. The van der Waals surface area contributed by atoms with Crippen LogP contribution in [0.5, 0.6) is 0 Å². The predicted octanol–water partition coefficient (Wildman–Crippen LogP) is 1.73. The molecule has 3 nitrogen and oxygen atoms in total. The number of benzene rings is 1. The van der Waals surface area contributed by atoms with Crippen molar-refractivity contribution >= 4 is 22.5 Å². The van der Waals surface area contributed by atoms with Crippen LogP contribution in [0.4, 0.5) is 4.39 Å². The molecule has 14 heavy (non-hydrogen) atoms. The first-order chi connectivity index (χ1) is 6.59. The smallest absolute Gasteiger partial charge is 0.295 e. The van der Waals surface area contributed by atoms with Gasteiger partial charge in [-0.25, -0.2) is 9.18 Å². The standard InChI is InChI=1S/C9H6ClFN2O/c1-13-7-3-2-5(11)4-6(7)8(10)12-9(13)14/h2-4H,1H3. The van der Waals surface area contributed by atoms with Crippen LogP contribution < -0.4 is 5.69 Å². The van der Waals surface area contributed by atoms with E-state index in [1.165, 1.54) is 22.8 Å². The first-order valence-electron chi connectivity index (χ1n) is 3.91. The Hall–Kier alpha value is -1.42. The maximum Gasteiger partial charge on any atom is 0.349 e. The summed E-state index contributed by atoms with van der Waals surface area (Å²) in [5.41, 5.74) is 0.116. The van der Waals surface area contributed by atoms with Crippen LogP contribution in [-0.2, 0) is 7.05 Å². The third-order valence-corrected chi connectivity index (χ3v) is 2.31. The van der Waals surface area contributed by atoms with Gasteiger partial charge in [-0.15, -0.1) is 0 Å². The van der Waals surface area contributed by atoms with Crippen LogP contribution in [-0.4, -0.2) is 9.55 Å². The largest absolute Gasteiger partial charge is 0.349 e. The first kappa shape index (κ1) is 9.15. The van der Waals surface area contributed by atoms with Crippen LogP contribution in [0.2, 0.25) is 5.15 Å². The Morgan fingerprint density at radius 1 is 1.50 bits per heavy atom. The summed E-state index contributed by atoms with van der Waals surface area (Å²) in [6, 6.07) is 4.03. The molecule has 0 aliphatic carbocycles. The maximum absolute atomic E-state index is 12.9. The Labute approximate surface area is 83.8 Å². The summed E-state index contributed by atoms with van der Waals surface area (Å²) >= 11 is 5.72. The Bertz CT molecular complexity index is 564. The van der Waals surface area contributed by atoms with E-state index in [0.29, 0.717) is 10.9 Å². The normalized spacial score (nSPS) is 10.8. The highest BCUT2D eigenvalue weighted by Gasteiger charge is 2.06. The third-order valence-electron chi connectivity index (χ3n) is 2.02. The number of rotatable bonds is 0. The van der Waals surface area contributed by atoms with Crippen molar-refractivity contribution in [3.8, 4) is 0 Å². The van der Waals surface area contributed by atoms with Gasteiger partial charge in [0, 0.05) is 12.4 Å². The van der Waals surface area contributed by atoms with Gasteiger partial charge in [0.2, 0.25) is 0 Å². The van der Waals surface area contributed by atoms with Crippen LogP contribution in [0.3, 0.4) is 0 Å². The zero-order valence-electron chi connectivity index (χ0n) is 7.29. The lowest BCUT2D eigenvalue weighted by molar-refractivity contribution is 0.629. The van der Waals surface area contributed by atoms with Gasteiger partial charge in [0.1, 0.15) is 11.0 Å². The molecular weight excluding hydrogens is 207 g/mol. The lowest BCUT2D eigenvalue weighted by atomic mass is 10.2. The minimum Gasteiger partial charge on any atom is -0.295 e. The number of aryl methyl sites for hydroxylation is 1. The third kappa shape index (κ3) is 1.28. The van der Waals surface area contributed by atoms with Crippen LogP contribution in [0.15, 0.2) is 23.0 Å². The van der Waals surface area contributed by atoms with E-state index >= 15 is 0 Å². The van der Waals surface area contributed by atoms with Gasteiger partial charge in [-0.2, -0.15) is 4.98 Å². The molecule has 1 aromatic carbocycles. The number of nitrogens with zero attached hydrogens (tertiary/aromatic N) is 2. The number of aromatic nitrogens is 2. The van der Waals surface area contributed by atoms with E-state index in [2.05, 4.69) is 4.98 Å². The number of fused-ring (bicyclic) bond motifs is 1. The number of hydrogen-bond acceptors (Lipinski definition) is 2. The quantitative estimate of drug-likeness (QED) is 0.624. The van der Waals surface area contributed by atoms with E-state index < -0.39 is 11.5 Å². The second-order valence-corrected chi connectivity index (χ2v) is 3.26. The molecule has 0 N–H and O–H groups in total. The van der Waals surface area contributed by atoms with Crippen molar-refractivity contribution in [2.45, 2.75) is 0 Å². The predicted molar refractivity (Wildman–Crippen MR) is 52.0 cm³/mol. The summed E-state index contributed by atoms with van der Waals surface area (Å²) in [5, 5.41) is 0.469. The Morgan fingerprint density at radius 3 is 2.93 bits per heavy atom. The lowest BCUT2D eigenvalue weighted by Crippen LogP contribution is -2.20. The van der Waals surface area contributed by atoms with Crippen LogP contribution in [0.25, 0.3) is 10.9 Å². The van der Waals surface area contributed by atoms with E-state index in [1.54, 1.807) is 7.05 Å². The van der Waals surface area contributed by atoms with Gasteiger partial charge >= 0.3 is 5.69 Å².